The van der Waals surface area contributed by atoms with Crippen molar-refractivity contribution in [3.63, 3.8) is 0 Å². The summed E-state index contributed by atoms with van der Waals surface area (Å²) >= 11 is 1.24. The molecular formula is C21H24N4O3S. The highest BCUT2D eigenvalue weighted by Crippen LogP contribution is 2.27. The number of ketones is 1. The molecule has 2 N–H and O–H groups in total. The first-order valence-corrected chi connectivity index (χ1v) is 10.1. The molecule has 3 rings (SSSR count). The van der Waals surface area contributed by atoms with Gasteiger partial charge in [0.15, 0.2) is 11.6 Å². The highest BCUT2D eigenvalue weighted by molar-refractivity contribution is 7.99. The van der Waals surface area contributed by atoms with Crippen molar-refractivity contribution in [2.24, 2.45) is 0 Å². The van der Waals surface area contributed by atoms with E-state index < -0.39 is 0 Å². The molecule has 7 nitrogen and oxygen atoms in total. The molecule has 2 aromatic carbocycles. The molecule has 0 saturated carbocycles. The number of hydrogen-bond acceptors (Lipinski definition) is 7. The molecule has 0 spiro atoms. The number of carbonyl (C=O) groups is 1. The van der Waals surface area contributed by atoms with Crippen molar-refractivity contribution in [3.05, 3.63) is 65.5 Å². The van der Waals surface area contributed by atoms with Crippen molar-refractivity contribution in [1.29, 1.82) is 0 Å². The summed E-state index contributed by atoms with van der Waals surface area (Å²) in [6, 6.07) is 15.3. The molecule has 1 unspecified atom stereocenters. The predicted molar refractivity (Wildman–Crippen MR) is 113 cm³/mol. The molecule has 1 heterocycles. The smallest absolute Gasteiger partial charge is 0.210 e. The van der Waals surface area contributed by atoms with Crippen LogP contribution >= 0.6 is 11.8 Å². The second-order valence-electron chi connectivity index (χ2n) is 6.56. The van der Waals surface area contributed by atoms with Crippen LogP contribution in [0.15, 0.2) is 53.7 Å². The Hall–Kier alpha value is -3.00. The van der Waals surface area contributed by atoms with Crippen LogP contribution in [0.25, 0.3) is 0 Å². The highest BCUT2D eigenvalue weighted by atomic mass is 32.2. The Kier molecular flexibility index (Phi) is 6.77. The molecule has 0 aliphatic heterocycles. The van der Waals surface area contributed by atoms with E-state index in [9.17, 15) is 4.79 Å². The second-order valence-corrected chi connectivity index (χ2v) is 7.51. The predicted octanol–water partition coefficient (Wildman–Crippen LogP) is 3.33. The van der Waals surface area contributed by atoms with Crippen LogP contribution in [0.3, 0.4) is 0 Å². The van der Waals surface area contributed by atoms with Gasteiger partial charge in [-0.1, -0.05) is 49.0 Å². The molecule has 1 aromatic heterocycles. The number of nitrogens with zero attached hydrogens (tertiary/aromatic N) is 3. The summed E-state index contributed by atoms with van der Waals surface area (Å²) in [5.41, 5.74) is 1.67. The summed E-state index contributed by atoms with van der Waals surface area (Å²) in [6.45, 7) is 2.12. The number of ether oxygens (including phenoxy) is 2. The van der Waals surface area contributed by atoms with Crippen LogP contribution in [0.4, 0.5) is 0 Å². The van der Waals surface area contributed by atoms with Gasteiger partial charge >= 0.3 is 0 Å². The summed E-state index contributed by atoms with van der Waals surface area (Å²) < 4.78 is 11.9. The number of hydrogen-bond donors (Lipinski definition) is 1. The largest absolute Gasteiger partial charge is 0.497 e. The molecule has 8 heteroatoms. The van der Waals surface area contributed by atoms with Gasteiger partial charge in [-0.25, -0.2) is 4.68 Å². The van der Waals surface area contributed by atoms with Gasteiger partial charge in [-0.15, -0.1) is 10.2 Å². The molecule has 0 saturated heterocycles. The van der Waals surface area contributed by atoms with Crippen LogP contribution in [-0.4, -0.2) is 40.6 Å². The summed E-state index contributed by atoms with van der Waals surface area (Å²) in [4.78, 5) is 12.7. The Morgan fingerprint density at radius 1 is 1.14 bits per heavy atom. The van der Waals surface area contributed by atoms with Crippen molar-refractivity contribution >= 4 is 17.5 Å². The number of methoxy groups -OCH3 is 2. The van der Waals surface area contributed by atoms with Crippen LogP contribution in [0.5, 0.6) is 11.5 Å². The van der Waals surface area contributed by atoms with Gasteiger partial charge in [0, 0.05) is 6.42 Å². The Bertz CT molecular complexity index is 975. The fraction of sp³-hybridized carbons (Fsp3) is 0.286. The van der Waals surface area contributed by atoms with E-state index in [-0.39, 0.29) is 17.5 Å². The lowest BCUT2D eigenvalue weighted by molar-refractivity contribution is 0.101. The van der Waals surface area contributed by atoms with Crippen molar-refractivity contribution in [1.82, 2.24) is 14.9 Å². The average Bonchev–Trinajstić information content (AvgIpc) is 3.11. The molecule has 0 aliphatic carbocycles. The number of Topliss-reactive ketones (excluding diaryl/α,β-unsaturated/α-hetero) is 1. The third kappa shape index (κ3) is 4.89. The topological polar surface area (TPSA) is 92.3 Å². The molecule has 0 aliphatic rings. The van der Waals surface area contributed by atoms with Gasteiger partial charge in [0.25, 0.3) is 0 Å². The number of nitrogen functional groups attached to an aromatic ring is 1. The van der Waals surface area contributed by atoms with E-state index in [0.717, 1.165) is 0 Å². The maximum atomic E-state index is 12.7. The van der Waals surface area contributed by atoms with Crippen LogP contribution in [-0.2, 0) is 6.42 Å². The fourth-order valence-corrected chi connectivity index (χ4v) is 3.72. The average molecular weight is 413 g/mol. The van der Waals surface area contributed by atoms with Crippen LogP contribution < -0.4 is 15.3 Å². The third-order valence-electron chi connectivity index (χ3n) is 4.63. The summed E-state index contributed by atoms with van der Waals surface area (Å²) in [7, 11) is 3.09. The Balaban J connectivity index is 1.67. The number of carbonyl (C=O) groups excluding carboxylic acids is 1. The van der Waals surface area contributed by atoms with E-state index in [1.165, 1.54) is 29.1 Å². The van der Waals surface area contributed by atoms with E-state index in [0.29, 0.717) is 34.5 Å². The Morgan fingerprint density at radius 3 is 2.59 bits per heavy atom. The van der Waals surface area contributed by atoms with Crippen molar-refractivity contribution in [2.75, 3.05) is 25.8 Å². The molecular weight excluding hydrogens is 388 g/mol. The van der Waals surface area contributed by atoms with Gasteiger partial charge < -0.3 is 15.3 Å². The zero-order valence-corrected chi connectivity index (χ0v) is 17.5. The van der Waals surface area contributed by atoms with Crippen LogP contribution in [0.2, 0.25) is 0 Å². The Morgan fingerprint density at radius 2 is 1.90 bits per heavy atom. The number of aromatic nitrogens is 3. The third-order valence-corrected chi connectivity index (χ3v) is 5.57. The summed E-state index contributed by atoms with van der Waals surface area (Å²) in [5.74, 6) is 8.25. The number of thioether (sulfide) groups is 1. The normalized spacial score (nSPS) is 11.8. The highest BCUT2D eigenvalue weighted by Gasteiger charge is 2.18. The summed E-state index contributed by atoms with van der Waals surface area (Å²) in [5, 5.41) is 8.85. The first kappa shape index (κ1) is 20.7. The monoisotopic (exact) mass is 412 g/mol. The molecule has 0 fully saturated rings. The van der Waals surface area contributed by atoms with Gasteiger partial charge in [-0.2, -0.15) is 0 Å². The molecule has 152 valence electrons. The van der Waals surface area contributed by atoms with E-state index >= 15 is 0 Å². The molecule has 1 atom stereocenters. The molecule has 0 radical (unpaired) electrons. The van der Waals surface area contributed by atoms with Gasteiger partial charge in [-0.3, -0.25) is 4.79 Å². The molecule has 0 amide bonds. The minimum atomic E-state index is -0.104. The number of nitrogens with two attached hydrogens (primary N) is 1. The maximum absolute atomic E-state index is 12.7. The first-order chi connectivity index (χ1) is 14.0. The second kappa shape index (κ2) is 9.47. The molecule has 0 bridgehead atoms. The van der Waals surface area contributed by atoms with Crippen molar-refractivity contribution in [3.8, 4) is 11.5 Å². The lowest BCUT2D eigenvalue weighted by Gasteiger charge is -2.11. The van der Waals surface area contributed by atoms with E-state index in [1.807, 2.05) is 18.2 Å². The quantitative estimate of drug-likeness (QED) is 0.327. The lowest BCUT2D eigenvalue weighted by atomic mass is 9.98. The first-order valence-electron chi connectivity index (χ1n) is 9.15. The fourth-order valence-electron chi connectivity index (χ4n) is 2.96. The van der Waals surface area contributed by atoms with Crippen molar-refractivity contribution < 1.29 is 14.3 Å². The van der Waals surface area contributed by atoms with Gasteiger partial charge in [0.2, 0.25) is 5.16 Å². The van der Waals surface area contributed by atoms with Gasteiger partial charge in [0.05, 0.1) is 25.5 Å². The Labute approximate surface area is 174 Å². The number of rotatable bonds is 9. The van der Waals surface area contributed by atoms with E-state index in [2.05, 4.69) is 29.3 Å². The van der Waals surface area contributed by atoms with Crippen LogP contribution in [0.1, 0.15) is 34.6 Å². The van der Waals surface area contributed by atoms with E-state index in [1.54, 1.807) is 25.3 Å². The SMILES string of the molecule is COc1ccc(OC)c(C(=O)CSc2nnc(CC(C)c3ccccc3)n2N)c1. The minimum Gasteiger partial charge on any atom is -0.497 e. The lowest BCUT2D eigenvalue weighted by Crippen LogP contribution is -2.16. The van der Waals surface area contributed by atoms with Crippen molar-refractivity contribution in [2.45, 2.75) is 24.4 Å². The minimum absolute atomic E-state index is 0.104. The zero-order chi connectivity index (χ0) is 20.8. The van der Waals surface area contributed by atoms with E-state index in [4.69, 9.17) is 15.3 Å². The van der Waals surface area contributed by atoms with Gasteiger partial charge in [0.1, 0.15) is 11.5 Å². The number of benzene rings is 2. The zero-order valence-electron chi connectivity index (χ0n) is 16.7. The molecule has 29 heavy (non-hydrogen) atoms. The maximum Gasteiger partial charge on any atom is 0.210 e. The van der Waals surface area contributed by atoms with Crippen LogP contribution in [0, 0.1) is 0 Å². The standard InChI is InChI=1S/C21H24N4O3S/c1-14(15-7-5-4-6-8-15)11-20-23-24-21(25(20)22)29-13-18(26)17-12-16(27-2)9-10-19(17)28-3/h4-10,12,14H,11,13,22H2,1-3H3. The van der Waals surface area contributed by atoms with Gasteiger partial charge in [-0.05, 0) is 29.7 Å². The molecule has 3 aromatic rings. The summed E-state index contributed by atoms with van der Waals surface area (Å²) in [6.07, 6.45) is 0.658.